The standard InChI is InChI=1S/C19H18N8O2/c1-29-11-9-27(10-11)17-8-20-15(7-21-17)19(28)24-16-6-14(25-26-16)18-22-12-4-2-3-5-13(12)23-18/h2-8,11H,9-10H2,1H3,(H,22,23)(H2,24,25,26,28). The van der Waals surface area contributed by atoms with Crippen LogP contribution >= 0.6 is 0 Å². The second kappa shape index (κ2) is 6.99. The molecule has 0 atom stereocenters. The number of rotatable bonds is 5. The van der Waals surface area contributed by atoms with E-state index in [9.17, 15) is 4.79 Å². The Labute approximate surface area is 165 Å². The van der Waals surface area contributed by atoms with Gasteiger partial charge in [-0.3, -0.25) is 9.89 Å². The number of benzene rings is 1. The number of anilines is 2. The number of H-pyrrole nitrogens is 2. The minimum Gasteiger partial charge on any atom is -0.378 e. The summed E-state index contributed by atoms with van der Waals surface area (Å²) in [5.41, 5.74) is 2.67. The first-order valence-electron chi connectivity index (χ1n) is 9.11. The zero-order valence-corrected chi connectivity index (χ0v) is 15.6. The SMILES string of the molecule is COC1CN(c2cnc(C(=O)Nc3cc(-c4nc5ccccc5[nH]4)[nH]n3)cn2)C1. The molecule has 29 heavy (non-hydrogen) atoms. The maximum absolute atomic E-state index is 12.4. The van der Waals surface area contributed by atoms with Crippen molar-refractivity contribution in [2.24, 2.45) is 0 Å². The van der Waals surface area contributed by atoms with Gasteiger partial charge >= 0.3 is 0 Å². The Morgan fingerprint density at radius 3 is 2.86 bits per heavy atom. The summed E-state index contributed by atoms with van der Waals surface area (Å²) >= 11 is 0. The number of para-hydroxylation sites is 2. The van der Waals surface area contributed by atoms with Crippen molar-refractivity contribution in [3.8, 4) is 11.5 Å². The number of aromatic amines is 2. The number of imidazole rings is 1. The summed E-state index contributed by atoms with van der Waals surface area (Å²) in [6.07, 6.45) is 3.27. The summed E-state index contributed by atoms with van der Waals surface area (Å²) in [6.45, 7) is 1.54. The fourth-order valence-electron chi connectivity index (χ4n) is 3.14. The Balaban J connectivity index is 1.26. The fourth-order valence-corrected chi connectivity index (χ4v) is 3.14. The highest BCUT2D eigenvalue weighted by molar-refractivity contribution is 6.02. The first-order chi connectivity index (χ1) is 14.2. The smallest absolute Gasteiger partial charge is 0.277 e. The third kappa shape index (κ3) is 3.29. The Morgan fingerprint density at radius 2 is 2.10 bits per heavy atom. The van der Waals surface area contributed by atoms with Crippen molar-refractivity contribution >= 4 is 28.6 Å². The second-order valence-electron chi connectivity index (χ2n) is 6.75. The van der Waals surface area contributed by atoms with Gasteiger partial charge in [-0.15, -0.1) is 0 Å². The molecule has 146 valence electrons. The first kappa shape index (κ1) is 17.3. The molecule has 1 saturated heterocycles. The predicted octanol–water partition coefficient (Wildman–Crippen LogP) is 1.83. The van der Waals surface area contributed by atoms with Crippen LogP contribution in [0.1, 0.15) is 10.5 Å². The van der Waals surface area contributed by atoms with Gasteiger partial charge in [0.1, 0.15) is 17.2 Å². The number of aromatic nitrogens is 6. The van der Waals surface area contributed by atoms with E-state index in [-0.39, 0.29) is 17.7 Å². The van der Waals surface area contributed by atoms with Crippen LogP contribution in [0.4, 0.5) is 11.6 Å². The summed E-state index contributed by atoms with van der Waals surface area (Å²) < 4.78 is 5.25. The van der Waals surface area contributed by atoms with E-state index >= 15 is 0 Å². The number of amides is 1. The lowest BCUT2D eigenvalue weighted by molar-refractivity contribution is 0.0782. The molecular formula is C19H18N8O2. The molecule has 1 amide bonds. The number of ether oxygens (including phenoxy) is 1. The molecule has 0 aliphatic carbocycles. The molecule has 0 unspecified atom stereocenters. The number of hydrogen-bond acceptors (Lipinski definition) is 7. The van der Waals surface area contributed by atoms with Gasteiger partial charge in [-0.25, -0.2) is 15.0 Å². The molecule has 3 N–H and O–H groups in total. The van der Waals surface area contributed by atoms with E-state index in [0.29, 0.717) is 17.3 Å². The van der Waals surface area contributed by atoms with Crippen molar-refractivity contribution in [3.63, 3.8) is 0 Å². The highest BCUT2D eigenvalue weighted by Gasteiger charge is 2.27. The number of hydrogen-bond donors (Lipinski definition) is 3. The van der Waals surface area contributed by atoms with Gasteiger partial charge in [-0.2, -0.15) is 5.10 Å². The molecule has 10 heteroatoms. The van der Waals surface area contributed by atoms with E-state index in [1.54, 1.807) is 19.4 Å². The Bertz CT molecular complexity index is 1130. The Morgan fingerprint density at radius 1 is 1.24 bits per heavy atom. The zero-order chi connectivity index (χ0) is 19.8. The zero-order valence-electron chi connectivity index (χ0n) is 15.6. The van der Waals surface area contributed by atoms with E-state index < -0.39 is 0 Å². The fraction of sp³-hybridized carbons (Fsp3) is 0.211. The number of fused-ring (bicyclic) bond motifs is 1. The van der Waals surface area contributed by atoms with Crippen molar-refractivity contribution in [3.05, 3.63) is 48.4 Å². The average molecular weight is 390 g/mol. The lowest BCUT2D eigenvalue weighted by atomic mass is 10.2. The molecule has 0 radical (unpaired) electrons. The van der Waals surface area contributed by atoms with Crippen LogP contribution in [0.15, 0.2) is 42.7 Å². The van der Waals surface area contributed by atoms with E-state index in [2.05, 4.69) is 35.5 Å². The van der Waals surface area contributed by atoms with Gasteiger partial charge in [0, 0.05) is 26.3 Å². The molecule has 4 aromatic rings. The normalized spacial score (nSPS) is 14.2. The van der Waals surface area contributed by atoms with Gasteiger partial charge in [-0.05, 0) is 12.1 Å². The maximum atomic E-state index is 12.4. The number of carbonyl (C=O) groups excluding carboxylic acids is 1. The number of carbonyl (C=O) groups is 1. The molecule has 0 spiro atoms. The third-order valence-corrected chi connectivity index (χ3v) is 4.84. The van der Waals surface area contributed by atoms with Gasteiger partial charge < -0.3 is 19.9 Å². The van der Waals surface area contributed by atoms with E-state index in [1.807, 2.05) is 29.2 Å². The van der Waals surface area contributed by atoms with E-state index in [4.69, 9.17) is 4.74 Å². The van der Waals surface area contributed by atoms with Gasteiger partial charge in [0.2, 0.25) is 0 Å². The molecule has 3 aromatic heterocycles. The third-order valence-electron chi connectivity index (χ3n) is 4.84. The monoisotopic (exact) mass is 390 g/mol. The Kier molecular flexibility index (Phi) is 4.17. The largest absolute Gasteiger partial charge is 0.378 e. The lowest BCUT2D eigenvalue weighted by Gasteiger charge is -2.38. The van der Waals surface area contributed by atoms with Crippen LogP contribution in [0.3, 0.4) is 0 Å². The molecule has 0 saturated carbocycles. The van der Waals surface area contributed by atoms with Crippen molar-refractivity contribution in [2.75, 3.05) is 30.4 Å². The highest BCUT2D eigenvalue weighted by Crippen LogP contribution is 2.21. The lowest BCUT2D eigenvalue weighted by Crippen LogP contribution is -2.52. The number of nitrogens with zero attached hydrogens (tertiary/aromatic N) is 5. The molecular weight excluding hydrogens is 372 g/mol. The summed E-state index contributed by atoms with van der Waals surface area (Å²) in [5, 5.41) is 9.72. The summed E-state index contributed by atoms with van der Waals surface area (Å²) in [5.74, 6) is 1.36. The minimum absolute atomic E-state index is 0.214. The second-order valence-corrected chi connectivity index (χ2v) is 6.75. The van der Waals surface area contributed by atoms with Crippen molar-refractivity contribution < 1.29 is 9.53 Å². The topological polar surface area (TPSA) is 125 Å². The minimum atomic E-state index is -0.384. The molecule has 1 aliphatic rings. The van der Waals surface area contributed by atoms with Crippen LogP contribution in [0.25, 0.3) is 22.6 Å². The van der Waals surface area contributed by atoms with Gasteiger partial charge in [0.15, 0.2) is 11.6 Å². The summed E-state index contributed by atoms with van der Waals surface area (Å²) in [4.78, 5) is 30.7. The van der Waals surface area contributed by atoms with Gasteiger partial charge in [0.25, 0.3) is 5.91 Å². The average Bonchev–Trinajstić information content (AvgIpc) is 3.34. The highest BCUT2D eigenvalue weighted by atomic mass is 16.5. The van der Waals surface area contributed by atoms with Crippen LogP contribution in [0.5, 0.6) is 0 Å². The predicted molar refractivity (Wildman–Crippen MR) is 107 cm³/mol. The quantitative estimate of drug-likeness (QED) is 0.475. The Hall–Kier alpha value is -3.79. The molecule has 5 rings (SSSR count). The molecule has 10 nitrogen and oxygen atoms in total. The summed E-state index contributed by atoms with van der Waals surface area (Å²) in [7, 11) is 1.69. The number of methoxy groups -OCH3 is 1. The summed E-state index contributed by atoms with van der Waals surface area (Å²) in [6, 6.07) is 9.44. The van der Waals surface area contributed by atoms with Crippen LogP contribution in [0, 0.1) is 0 Å². The number of nitrogens with one attached hydrogen (secondary N) is 3. The van der Waals surface area contributed by atoms with Crippen LogP contribution in [0.2, 0.25) is 0 Å². The maximum Gasteiger partial charge on any atom is 0.277 e. The van der Waals surface area contributed by atoms with Crippen LogP contribution < -0.4 is 10.2 Å². The van der Waals surface area contributed by atoms with E-state index in [0.717, 1.165) is 29.9 Å². The molecule has 4 heterocycles. The van der Waals surface area contributed by atoms with Crippen molar-refractivity contribution in [2.45, 2.75) is 6.10 Å². The van der Waals surface area contributed by atoms with Crippen molar-refractivity contribution in [1.82, 2.24) is 30.1 Å². The van der Waals surface area contributed by atoms with Crippen LogP contribution in [-0.4, -0.2) is 62.3 Å². The van der Waals surface area contributed by atoms with Crippen molar-refractivity contribution in [1.29, 1.82) is 0 Å². The van der Waals surface area contributed by atoms with Gasteiger partial charge in [0.05, 0.1) is 29.5 Å². The van der Waals surface area contributed by atoms with Gasteiger partial charge in [-0.1, -0.05) is 12.1 Å². The van der Waals surface area contributed by atoms with Crippen LogP contribution in [-0.2, 0) is 4.74 Å². The molecule has 1 fully saturated rings. The first-order valence-corrected chi connectivity index (χ1v) is 9.11. The molecule has 1 aromatic carbocycles. The van der Waals surface area contributed by atoms with E-state index in [1.165, 1.54) is 6.20 Å². The molecule has 1 aliphatic heterocycles. The molecule has 0 bridgehead atoms.